The Morgan fingerprint density at radius 3 is 2.88 bits per heavy atom. The molecule has 0 spiro atoms. The minimum absolute atomic E-state index is 0.139. The van der Waals surface area contributed by atoms with Crippen LogP contribution in [0.5, 0.6) is 0 Å². The Morgan fingerprint density at radius 1 is 1.41 bits per heavy atom. The van der Waals surface area contributed by atoms with Gasteiger partial charge in [0.2, 0.25) is 0 Å². The van der Waals surface area contributed by atoms with E-state index in [1.807, 2.05) is 0 Å². The first-order valence-electron chi connectivity index (χ1n) is 5.39. The van der Waals surface area contributed by atoms with Crippen LogP contribution >= 0.6 is 0 Å². The Bertz CT molecular complexity index is 542. The lowest BCUT2D eigenvalue weighted by atomic mass is 9.91. The monoisotopic (exact) mass is 237 g/mol. The van der Waals surface area contributed by atoms with E-state index >= 15 is 0 Å². The molecule has 2 aliphatic rings. The van der Waals surface area contributed by atoms with Gasteiger partial charge in [0.1, 0.15) is 6.29 Å². The molecule has 0 bridgehead atoms. The van der Waals surface area contributed by atoms with Crippen LogP contribution in [0.1, 0.15) is 15.9 Å². The second-order valence-corrected chi connectivity index (χ2v) is 4.35. The van der Waals surface area contributed by atoms with Crippen molar-refractivity contribution < 1.29 is 18.4 Å². The van der Waals surface area contributed by atoms with Crippen LogP contribution < -0.4 is 4.90 Å². The van der Waals surface area contributed by atoms with Gasteiger partial charge in [-0.3, -0.25) is 4.79 Å². The molecule has 0 fully saturated rings. The number of ketones is 1. The van der Waals surface area contributed by atoms with Crippen LogP contribution in [0.25, 0.3) is 0 Å². The quantitative estimate of drug-likeness (QED) is 0.546. The van der Waals surface area contributed by atoms with E-state index in [-0.39, 0.29) is 17.7 Å². The average molecular weight is 237 g/mol. The zero-order valence-electron chi connectivity index (χ0n) is 8.87. The maximum atomic E-state index is 13.5. The van der Waals surface area contributed by atoms with Gasteiger partial charge < -0.3 is 9.69 Å². The highest BCUT2D eigenvalue weighted by Gasteiger charge is 2.38. The molecule has 1 aromatic rings. The summed E-state index contributed by atoms with van der Waals surface area (Å²) < 4.78 is 26.9. The van der Waals surface area contributed by atoms with E-state index in [0.29, 0.717) is 24.9 Å². The van der Waals surface area contributed by atoms with Crippen molar-refractivity contribution >= 4 is 17.8 Å². The summed E-state index contributed by atoms with van der Waals surface area (Å²) in [6.07, 6.45) is 0.954. The molecule has 2 aliphatic heterocycles. The van der Waals surface area contributed by atoms with Gasteiger partial charge in [-0.15, -0.1) is 0 Å². The van der Waals surface area contributed by atoms with Gasteiger partial charge in [-0.1, -0.05) is 0 Å². The molecule has 0 saturated heterocycles. The first-order chi connectivity index (χ1) is 8.13. The van der Waals surface area contributed by atoms with E-state index in [0.717, 1.165) is 6.07 Å². The van der Waals surface area contributed by atoms with Crippen molar-refractivity contribution in [1.29, 1.82) is 0 Å². The summed E-state index contributed by atoms with van der Waals surface area (Å²) in [7, 11) is 0. The number of rotatable bonds is 1. The Kier molecular flexibility index (Phi) is 2.05. The van der Waals surface area contributed by atoms with Crippen LogP contribution in [0.4, 0.5) is 14.5 Å². The molecule has 88 valence electrons. The van der Waals surface area contributed by atoms with E-state index in [1.165, 1.54) is 0 Å². The van der Waals surface area contributed by atoms with Gasteiger partial charge in [-0.05, 0) is 12.5 Å². The minimum atomic E-state index is -1.01. The number of aldehydes is 1. The lowest BCUT2D eigenvalue weighted by molar-refractivity contribution is -0.109. The van der Waals surface area contributed by atoms with Gasteiger partial charge >= 0.3 is 0 Å². The van der Waals surface area contributed by atoms with E-state index < -0.39 is 23.3 Å². The Balaban J connectivity index is 2.26. The van der Waals surface area contributed by atoms with Crippen LogP contribution in [-0.4, -0.2) is 25.2 Å². The normalized spacial score (nSPS) is 21.6. The molecular weight excluding hydrogens is 228 g/mol. The fourth-order valence-corrected chi connectivity index (χ4v) is 2.61. The average Bonchev–Trinajstić information content (AvgIpc) is 2.74. The summed E-state index contributed by atoms with van der Waals surface area (Å²) in [5, 5.41) is 0. The molecule has 0 N–H and O–H groups in total. The molecule has 0 saturated carbocycles. The van der Waals surface area contributed by atoms with E-state index in [1.54, 1.807) is 4.90 Å². The summed E-state index contributed by atoms with van der Waals surface area (Å²) in [4.78, 5) is 24.5. The molecule has 5 heteroatoms. The van der Waals surface area contributed by atoms with Gasteiger partial charge in [0.05, 0.1) is 11.6 Å². The Morgan fingerprint density at radius 2 is 2.18 bits per heavy atom. The standard InChI is InChI=1S/C12H9F2NO2/c13-9-3-8-11-7(10(9)14)1-2-15(11)4-6(5-16)12(8)17/h3,5-6H,1-2,4H2. The molecule has 1 aromatic carbocycles. The molecule has 3 rings (SSSR count). The van der Waals surface area contributed by atoms with Crippen LogP contribution in [0.15, 0.2) is 6.07 Å². The van der Waals surface area contributed by atoms with Crippen LogP contribution in [-0.2, 0) is 11.2 Å². The van der Waals surface area contributed by atoms with Crippen molar-refractivity contribution in [2.24, 2.45) is 5.92 Å². The third-order valence-corrected chi connectivity index (χ3v) is 3.42. The van der Waals surface area contributed by atoms with Gasteiger partial charge in [0.15, 0.2) is 17.4 Å². The third kappa shape index (κ3) is 1.25. The first-order valence-corrected chi connectivity index (χ1v) is 5.39. The summed E-state index contributed by atoms with van der Waals surface area (Å²) in [5.41, 5.74) is 0.879. The number of Topliss-reactive ketones (excluding diaryl/α,β-unsaturated/α-hetero) is 1. The summed E-state index contributed by atoms with van der Waals surface area (Å²) >= 11 is 0. The lowest BCUT2D eigenvalue weighted by Gasteiger charge is -2.29. The van der Waals surface area contributed by atoms with Gasteiger partial charge in [-0.2, -0.15) is 0 Å². The van der Waals surface area contributed by atoms with Gasteiger partial charge in [-0.25, -0.2) is 8.78 Å². The highest BCUT2D eigenvalue weighted by molar-refractivity contribution is 6.11. The molecule has 0 aliphatic carbocycles. The SMILES string of the molecule is O=CC1CN2CCc3c(F)c(F)cc(c32)C1=O. The lowest BCUT2D eigenvalue weighted by Crippen LogP contribution is -2.38. The van der Waals surface area contributed by atoms with Crippen molar-refractivity contribution in [3.8, 4) is 0 Å². The van der Waals surface area contributed by atoms with E-state index in [2.05, 4.69) is 0 Å². The highest BCUT2D eigenvalue weighted by Crippen LogP contribution is 2.39. The number of anilines is 1. The van der Waals surface area contributed by atoms with Crippen LogP contribution in [0.2, 0.25) is 0 Å². The van der Waals surface area contributed by atoms with Crippen molar-refractivity contribution in [2.45, 2.75) is 6.42 Å². The van der Waals surface area contributed by atoms with Crippen molar-refractivity contribution in [2.75, 3.05) is 18.0 Å². The molecule has 0 amide bonds. The number of hydrogen-bond acceptors (Lipinski definition) is 3. The molecule has 0 radical (unpaired) electrons. The van der Waals surface area contributed by atoms with Crippen LogP contribution in [0.3, 0.4) is 0 Å². The molecule has 0 aromatic heterocycles. The third-order valence-electron chi connectivity index (χ3n) is 3.42. The summed E-state index contributed by atoms with van der Waals surface area (Å²) in [5.74, 6) is -3.06. The second-order valence-electron chi connectivity index (χ2n) is 4.35. The predicted molar refractivity (Wildman–Crippen MR) is 56.2 cm³/mol. The molecule has 17 heavy (non-hydrogen) atoms. The largest absolute Gasteiger partial charge is 0.369 e. The van der Waals surface area contributed by atoms with Gasteiger partial charge in [0.25, 0.3) is 0 Å². The number of halogens is 2. The fourth-order valence-electron chi connectivity index (χ4n) is 2.61. The van der Waals surface area contributed by atoms with Crippen molar-refractivity contribution in [1.82, 2.24) is 0 Å². The van der Waals surface area contributed by atoms with Crippen molar-refractivity contribution in [3.63, 3.8) is 0 Å². The molecule has 1 unspecified atom stereocenters. The number of hydrogen-bond donors (Lipinski definition) is 0. The summed E-state index contributed by atoms with van der Waals surface area (Å²) in [6.45, 7) is 0.799. The minimum Gasteiger partial charge on any atom is -0.369 e. The molecule has 2 heterocycles. The number of nitrogens with zero attached hydrogens (tertiary/aromatic N) is 1. The summed E-state index contributed by atoms with van der Waals surface area (Å²) in [6, 6.07) is 0.907. The Hall–Kier alpha value is -1.78. The zero-order chi connectivity index (χ0) is 12.2. The fraction of sp³-hybridized carbons (Fsp3) is 0.333. The smallest absolute Gasteiger partial charge is 0.177 e. The Labute approximate surface area is 96.0 Å². The maximum Gasteiger partial charge on any atom is 0.177 e. The van der Waals surface area contributed by atoms with E-state index in [9.17, 15) is 18.4 Å². The molecule has 3 nitrogen and oxygen atoms in total. The number of benzene rings is 1. The molecular formula is C12H9F2NO2. The first kappa shape index (κ1) is 10.4. The molecule has 1 atom stereocenters. The predicted octanol–water partition coefficient (Wildman–Crippen LogP) is 1.34. The van der Waals surface area contributed by atoms with E-state index in [4.69, 9.17) is 0 Å². The second kappa shape index (κ2) is 3.35. The number of carbonyl (C=O) groups excluding carboxylic acids is 2. The number of carbonyl (C=O) groups is 2. The van der Waals surface area contributed by atoms with Gasteiger partial charge in [0, 0.05) is 24.2 Å². The highest BCUT2D eigenvalue weighted by atomic mass is 19.2. The zero-order valence-corrected chi connectivity index (χ0v) is 8.87. The van der Waals surface area contributed by atoms with Crippen molar-refractivity contribution in [3.05, 3.63) is 28.8 Å². The topological polar surface area (TPSA) is 37.4 Å². The maximum absolute atomic E-state index is 13.5. The van der Waals surface area contributed by atoms with Crippen LogP contribution in [0, 0.1) is 17.6 Å².